The minimum Gasteiger partial charge on any atom is -0.366 e. The highest BCUT2D eigenvalue weighted by Crippen LogP contribution is 2.35. The highest BCUT2D eigenvalue weighted by Gasteiger charge is 2.15. The zero-order valence-corrected chi connectivity index (χ0v) is 27.1. The first-order valence-electron chi connectivity index (χ1n) is 16.9. The molecule has 49 heavy (non-hydrogen) atoms. The van der Waals surface area contributed by atoms with Gasteiger partial charge in [0.2, 0.25) is 0 Å². The van der Waals surface area contributed by atoms with E-state index < -0.39 is 0 Å². The molecule has 0 aliphatic rings. The van der Waals surface area contributed by atoms with E-state index in [4.69, 9.17) is 5.73 Å². The zero-order chi connectivity index (χ0) is 32.7. The minimum atomic E-state index is -0.363. The van der Waals surface area contributed by atoms with Gasteiger partial charge in [-0.25, -0.2) is 0 Å². The molecule has 0 aliphatic heterocycles. The van der Waals surface area contributed by atoms with Crippen molar-refractivity contribution in [1.29, 1.82) is 0 Å². The summed E-state index contributed by atoms with van der Waals surface area (Å²) < 4.78 is 2.36. The molecule has 9 rings (SSSR count). The Balaban J connectivity index is 1.17. The number of rotatable bonds is 7. The lowest BCUT2D eigenvalue weighted by atomic mass is 9.94. The van der Waals surface area contributed by atoms with E-state index in [0.29, 0.717) is 0 Å². The van der Waals surface area contributed by atoms with Gasteiger partial charge in [-0.05, 0) is 92.3 Å². The van der Waals surface area contributed by atoms with Gasteiger partial charge in [-0.3, -0.25) is 0 Å². The Hall–Kier alpha value is -6.16. The minimum absolute atomic E-state index is 0.363. The molecular weight excluding hydrogens is 595 g/mol. The first-order chi connectivity index (χ1) is 24.2. The summed E-state index contributed by atoms with van der Waals surface area (Å²) in [4.78, 5) is 0. The summed E-state index contributed by atoms with van der Waals surface area (Å²) in [5.74, 6) is 0. The van der Waals surface area contributed by atoms with Gasteiger partial charge in [0.05, 0.1) is 11.0 Å². The van der Waals surface area contributed by atoms with Crippen LogP contribution in [0.15, 0.2) is 176 Å². The molecule has 1 aromatic heterocycles. The van der Waals surface area contributed by atoms with E-state index in [-0.39, 0.29) is 6.17 Å². The number of nitrogens with two attached hydrogens (primary N) is 1. The molecule has 0 radical (unpaired) electrons. The molecule has 0 saturated carbocycles. The topological polar surface area (TPSA) is 43.0 Å². The van der Waals surface area contributed by atoms with Crippen LogP contribution < -0.4 is 11.1 Å². The molecule has 0 spiro atoms. The lowest BCUT2D eigenvalue weighted by Crippen LogP contribution is -2.27. The van der Waals surface area contributed by atoms with Crippen molar-refractivity contribution in [1.82, 2.24) is 9.88 Å². The van der Waals surface area contributed by atoms with Crippen LogP contribution in [0.3, 0.4) is 0 Å². The third kappa shape index (κ3) is 5.22. The first-order valence-corrected chi connectivity index (χ1v) is 16.9. The normalized spacial score (nSPS) is 12.7. The number of nitrogens with zero attached hydrogens (tertiary/aromatic N) is 1. The predicted octanol–water partition coefficient (Wildman–Crippen LogP) is 11.1. The molecule has 0 bridgehead atoms. The van der Waals surface area contributed by atoms with Gasteiger partial charge in [-0.2, -0.15) is 0 Å². The van der Waals surface area contributed by atoms with E-state index in [1.165, 1.54) is 65.4 Å². The molecule has 1 unspecified atom stereocenters. The number of fused-ring (bicyclic) bond motifs is 7. The average molecular weight is 630 g/mol. The number of nitrogens with one attached hydrogen (secondary N) is 1. The SMILES string of the molecule is NC(N/C(=C\Cc1ccc2c(c1)c1ccccc1n2-c1ccccc1)c1cccc2c1ccc1cc3ccccc3cc12)c1ccccc1. The second-order valence-electron chi connectivity index (χ2n) is 12.8. The Morgan fingerprint density at radius 1 is 0.531 bits per heavy atom. The quantitative estimate of drug-likeness (QED) is 0.105. The van der Waals surface area contributed by atoms with Crippen LogP contribution in [-0.2, 0) is 6.42 Å². The average Bonchev–Trinajstić information content (AvgIpc) is 3.49. The van der Waals surface area contributed by atoms with Crippen molar-refractivity contribution in [2.24, 2.45) is 5.73 Å². The molecular formula is C46H35N3. The molecule has 234 valence electrons. The van der Waals surface area contributed by atoms with Crippen molar-refractivity contribution in [3.8, 4) is 5.69 Å². The van der Waals surface area contributed by atoms with Crippen LogP contribution in [0.2, 0.25) is 0 Å². The monoisotopic (exact) mass is 629 g/mol. The van der Waals surface area contributed by atoms with E-state index in [1.54, 1.807) is 0 Å². The summed E-state index contributed by atoms with van der Waals surface area (Å²) in [5.41, 5.74) is 14.9. The Bertz CT molecular complexity index is 2670. The summed E-state index contributed by atoms with van der Waals surface area (Å²) in [5, 5.41) is 13.7. The fourth-order valence-corrected chi connectivity index (χ4v) is 7.40. The Morgan fingerprint density at radius 2 is 1.22 bits per heavy atom. The zero-order valence-electron chi connectivity index (χ0n) is 27.1. The second-order valence-corrected chi connectivity index (χ2v) is 12.8. The summed E-state index contributed by atoms with van der Waals surface area (Å²) in [7, 11) is 0. The van der Waals surface area contributed by atoms with Crippen LogP contribution in [0.25, 0.3) is 65.5 Å². The lowest BCUT2D eigenvalue weighted by Gasteiger charge is -2.21. The van der Waals surface area contributed by atoms with E-state index in [9.17, 15) is 0 Å². The predicted molar refractivity (Wildman–Crippen MR) is 208 cm³/mol. The maximum Gasteiger partial charge on any atom is 0.101 e. The van der Waals surface area contributed by atoms with E-state index in [0.717, 1.165) is 23.2 Å². The molecule has 8 aromatic carbocycles. The highest BCUT2D eigenvalue weighted by molar-refractivity contribution is 6.14. The molecule has 0 amide bonds. The summed E-state index contributed by atoms with van der Waals surface area (Å²) in [6.07, 6.45) is 2.69. The number of aromatic nitrogens is 1. The molecule has 0 fully saturated rings. The molecule has 0 saturated heterocycles. The van der Waals surface area contributed by atoms with Crippen molar-refractivity contribution in [2.45, 2.75) is 12.6 Å². The third-order valence-corrected chi connectivity index (χ3v) is 9.80. The van der Waals surface area contributed by atoms with E-state index in [1.807, 2.05) is 18.2 Å². The maximum atomic E-state index is 6.84. The van der Waals surface area contributed by atoms with Crippen molar-refractivity contribution in [2.75, 3.05) is 0 Å². The van der Waals surface area contributed by atoms with Crippen LogP contribution in [0.1, 0.15) is 22.9 Å². The molecule has 1 atom stereocenters. The van der Waals surface area contributed by atoms with E-state index >= 15 is 0 Å². The van der Waals surface area contributed by atoms with Crippen LogP contribution in [0, 0.1) is 0 Å². The van der Waals surface area contributed by atoms with Gasteiger partial charge in [0, 0.05) is 27.7 Å². The standard InChI is InChI=1S/C46H35N3/c47-46(32-12-3-1-4-13-32)48-43(39-20-11-19-37-38(39)25-24-35-29-33-14-7-8-15-34(33)30-41(35)37)26-22-31-23-27-45-42(28-31)40-18-9-10-21-44(40)49(45)36-16-5-2-6-17-36/h1-21,23-30,46,48H,22,47H2/b43-26-. The Labute approximate surface area is 285 Å². The van der Waals surface area contributed by atoms with Crippen LogP contribution in [0.5, 0.6) is 0 Å². The molecule has 3 N–H and O–H groups in total. The van der Waals surface area contributed by atoms with Crippen molar-refractivity contribution >= 4 is 59.8 Å². The smallest absolute Gasteiger partial charge is 0.101 e. The number of allylic oxidation sites excluding steroid dienone is 1. The van der Waals surface area contributed by atoms with Crippen molar-refractivity contribution in [3.05, 3.63) is 193 Å². The molecule has 3 nitrogen and oxygen atoms in total. The van der Waals surface area contributed by atoms with Gasteiger partial charge in [-0.15, -0.1) is 0 Å². The van der Waals surface area contributed by atoms with Crippen LogP contribution in [0.4, 0.5) is 0 Å². The Morgan fingerprint density at radius 3 is 2.06 bits per heavy atom. The van der Waals surface area contributed by atoms with Crippen molar-refractivity contribution < 1.29 is 0 Å². The highest BCUT2D eigenvalue weighted by atomic mass is 15.0. The second kappa shape index (κ2) is 12.1. The fraction of sp³-hybridized carbons (Fsp3) is 0.0435. The van der Waals surface area contributed by atoms with Gasteiger partial charge in [0.15, 0.2) is 0 Å². The van der Waals surface area contributed by atoms with Crippen LogP contribution >= 0.6 is 0 Å². The Kier molecular flexibility index (Phi) is 7.18. The largest absolute Gasteiger partial charge is 0.366 e. The summed E-state index contributed by atoms with van der Waals surface area (Å²) in [6.45, 7) is 0. The van der Waals surface area contributed by atoms with E-state index in [2.05, 4.69) is 168 Å². The van der Waals surface area contributed by atoms with Gasteiger partial charge in [-0.1, -0.05) is 133 Å². The summed E-state index contributed by atoms with van der Waals surface area (Å²) >= 11 is 0. The first kappa shape index (κ1) is 29.0. The number of hydrogen-bond acceptors (Lipinski definition) is 2. The molecule has 0 aliphatic carbocycles. The number of hydrogen-bond donors (Lipinski definition) is 2. The molecule has 9 aromatic rings. The number of para-hydroxylation sites is 2. The third-order valence-electron chi connectivity index (χ3n) is 9.80. The van der Waals surface area contributed by atoms with Gasteiger partial charge in [0.25, 0.3) is 0 Å². The number of benzene rings is 8. The fourth-order valence-electron chi connectivity index (χ4n) is 7.40. The van der Waals surface area contributed by atoms with Gasteiger partial charge < -0.3 is 15.6 Å². The van der Waals surface area contributed by atoms with Gasteiger partial charge >= 0.3 is 0 Å². The maximum absolute atomic E-state index is 6.84. The van der Waals surface area contributed by atoms with Crippen molar-refractivity contribution in [3.63, 3.8) is 0 Å². The van der Waals surface area contributed by atoms with Crippen LogP contribution in [-0.4, -0.2) is 4.57 Å². The van der Waals surface area contributed by atoms with Gasteiger partial charge in [0.1, 0.15) is 6.17 Å². The summed E-state index contributed by atoms with van der Waals surface area (Å²) in [6, 6.07) is 60.8. The molecule has 1 heterocycles. The molecule has 3 heteroatoms. The lowest BCUT2D eigenvalue weighted by molar-refractivity contribution is 0.666.